The Balaban J connectivity index is 2.61. The van der Waals surface area contributed by atoms with Gasteiger partial charge in [0.15, 0.2) is 5.76 Å². The van der Waals surface area contributed by atoms with Gasteiger partial charge in [0.1, 0.15) is 6.10 Å². The molecule has 0 aliphatic carbocycles. The summed E-state index contributed by atoms with van der Waals surface area (Å²) >= 11 is 0. The number of rotatable bonds is 4. The molecule has 0 bridgehead atoms. The highest BCUT2D eigenvalue weighted by Gasteiger charge is 2.12. The molecule has 0 saturated heterocycles. The summed E-state index contributed by atoms with van der Waals surface area (Å²) in [5.41, 5.74) is 5.25. The maximum atomic E-state index is 9.36. The SMILES string of the molecule is COc1cc([C@@H](O)CCN)on1. The molecule has 12 heavy (non-hydrogen) atoms. The number of nitrogens with zero attached hydrogens (tertiary/aromatic N) is 1. The predicted octanol–water partition coefficient (Wildman–Crippen LogP) is 0.0654. The second-order valence-electron chi connectivity index (χ2n) is 2.36. The van der Waals surface area contributed by atoms with Crippen LogP contribution in [0.2, 0.25) is 0 Å². The topological polar surface area (TPSA) is 81.5 Å². The Morgan fingerprint density at radius 2 is 2.58 bits per heavy atom. The molecule has 0 spiro atoms. The van der Waals surface area contributed by atoms with E-state index in [9.17, 15) is 5.11 Å². The number of hydrogen-bond acceptors (Lipinski definition) is 5. The zero-order valence-corrected chi connectivity index (χ0v) is 6.86. The van der Waals surface area contributed by atoms with Gasteiger partial charge in [-0.1, -0.05) is 0 Å². The summed E-state index contributed by atoms with van der Waals surface area (Å²) in [7, 11) is 1.48. The zero-order valence-electron chi connectivity index (χ0n) is 6.86. The van der Waals surface area contributed by atoms with Crippen molar-refractivity contribution in [2.75, 3.05) is 13.7 Å². The van der Waals surface area contributed by atoms with E-state index in [0.717, 1.165) is 0 Å². The fourth-order valence-electron chi connectivity index (χ4n) is 0.825. The summed E-state index contributed by atoms with van der Waals surface area (Å²) in [6.07, 6.45) is -0.232. The smallest absolute Gasteiger partial charge is 0.254 e. The Hall–Kier alpha value is -1.07. The third-order valence-electron chi connectivity index (χ3n) is 1.48. The molecule has 0 aliphatic heterocycles. The third-order valence-corrected chi connectivity index (χ3v) is 1.48. The number of aliphatic hydroxyl groups excluding tert-OH is 1. The number of aromatic nitrogens is 1. The van der Waals surface area contributed by atoms with Gasteiger partial charge < -0.3 is 20.1 Å². The zero-order chi connectivity index (χ0) is 8.97. The first-order chi connectivity index (χ1) is 5.77. The minimum absolute atomic E-state index is 0.362. The van der Waals surface area contributed by atoms with Crippen molar-refractivity contribution in [2.45, 2.75) is 12.5 Å². The molecule has 0 aliphatic rings. The van der Waals surface area contributed by atoms with Gasteiger partial charge in [-0.25, -0.2) is 0 Å². The predicted molar refractivity (Wildman–Crippen MR) is 41.7 cm³/mol. The Morgan fingerprint density at radius 3 is 3.08 bits per heavy atom. The van der Waals surface area contributed by atoms with E-state index in [4.69, 9.17) is 15.0 Å². The molecule has 1 rings (SSSR count). The van der Waals surface area contributed by atoms with Crippen molar-refractivity contribution in [3.8, 4) is 5.88 Å². The first-order valence-corrected chi connectivity index (χ1v) is 3.66. The van der Waals surface area contributed by atoms with Gasteiger partial charge >= 0.3 is 0 Å². The maximum absolute atomic E-state index is 9.36. The van der Waals surface area contributed by atoms with E-state index in [0.29, 0.717) is 24.6 Å². The van der Waals surface area contributed by atoms with Gasteiger partial charge in [0, 0.05) is 6.07 Å². The molecule has 0 saturated carbocycles. The van der Waals surface area contributed by atoms with Gasteiger partial charge in [-0.15, -0.1) is 0 Å². The Morgan fingerprint density at radius 1 is 1.83 bits per heavy atom. The highest BCUT2D eigenvalue weighted by atomic mass is 16.5. The van der Waals surface area contributed by atoms with E-state index >= 15 is 0 Å². The van der Waals surface area contributed by atoms with E-state index in [-0.39, 0.29) is 0 Å². The molecule has 1 aromatic rings. The van der Waals surface area contributed by atoms with Crippen LogP contribution >= 0.6 is 0 Å². The molecule has 5 heteroatoms. The fourth-order valence-corrected chi connectivity index (χ4v) is 0.825. The molecule has 0 unspecified atom stereocenters. The van der Waals surface area contributed by atoms with Crippen molar-refractivity contribution >= 4 is 0 Å². The minimum Gasteiger partial charge on any atom is -0.479 e. The van der Waals surface area contributed by atoms with E-state index in [1.807, 2.05) is 0 Å². The third kappa shape index (κ3) is 1.96. The molecule has 3 N–H and O–H groups in total. The van der Waals surface area contributed by atoms with E-state index < -0.39 is 6.10 Å². The number of methoxy groups -OCH3 is 1. The van der Waals surface area contributed by atoms with Crippen LogP contribution in [0.3, 0.4) is 0 Å². The molecule has 0 radical (unpaired) electrons. The van der Waals surface area contributed by atoms with Crippen LogP contribution in [-0.2, 0) is 0 Å². The highest BCUT2D eigenvalue weighted by Crippen LogP contribution is 2.19. The first-order valence-electron chi connectivity index (χ1n) is 3.66. The van der Waals surface area contributed by atoms with Crippen molar-refractivity contribution in [2.24, 2.45) is 5.73 Å². The average molecular weight is 172 g/mol. The van der Waals surface area contributed by atoms with Crippen LogP contribution in [0.1, 0.15) is 18.3 Å². The van der Waals surface area contributed by atoms with Crippen LogP contribution in [0.15, 0.2) is 10.6 Å². The summed E-state index contributed by atoms with van der Waals surface area (Å²) in [4.78, 5) is 0. The quantitative estimate of drug-likeness (QED) is 0.671. The summed E-state index contributed by atoms with van der Waals surface area (Å²) in [6.45, 7) is 0.407. The lowest BCUT2D eigenvalue weighted by Crippen LogP contribution is -2.05. The van der Waals surface area contributed by atoms with Crippen molar-refractivity contribution in [3.63, 3.8) is 0 Å². The van der Waals surface area contributed by atoms with E-state index in [1.54, 1.807) is 6.07 Å². The van der Waals surface area contributed by atoms with Crippen LogP contribution in [0.5, 0.6) is 5.88 Å². The largest absolute Gasteiger partial charge is 0.479 e. The maximum Gasteiger partial charge on any atom is 0.254 e. The van der Waals surface area contributed by atoms with Gasteiger partial charge in [-0.05, 0) is 18.1 Å². The van der Waals surface area contributed by atoms with Gasteiger partial charge in [0.05, 0.1) is 7.11 Å². The lowest BCUT2D eigenvalue weighted by Gasteiger charge is -2.01. The Bertz CT molecular complexity index is 236. The lowest BCUT2D eigenvalue weighted by molar-refractivity contribution is 0.132. The molecule has 1 heterocycles. The number of aliphatic hydroxyl groups is 1. The van der Waals surface area contributed by atoms with E-state index in [2.05, 4.69) is 5.16 Å². The number of nitrogens with two attached hydrogens (primary N) is 1. The summed E-state index contributed by atoms with van der Waals surface area (Å²) < 4.78 is 9.57. The molecule has 0 amide bonds. The van der Waals surface area contributed by atoms with Gasteiger partial charge in [-0.2, -0.15) is 0 Å². The Kier molecular flexibility index (Phi) is 3.07. The van der Waals surface area contributed by atoms with Crippen molar-refractivity contribution < 1.29 is 14.4 Å². The standard InChI is InChI=1S/C7H12N2O3/c1-11-7-4-6(12-9-7)5(10)2-3-8/h4-5,10H,2-3,8H2,1H3/t5-/m0/s1. The van der Waals surface area contributed by atoms with Crippen LogP contribution in [-0.4, -0.2) is 23.9 Å². The molecular formula is C7H12N2O3. The monoisotopic (exact) mass is 172 g/mol. The van der Waals surface area contributed by atoms with Gasteiger partial charge in [0.25, 0.3) is 5.88 Å². The molecule has 5 nitrogen and oxygen atoms in total. The summed E-state index contributed by atoms with van der Waals surface area (Å²) in [6, 6.07) is 1.54. The van der Waals surface area contributed by atoms with Crippen molar-refractivity contribution in [1.29, 1.82) is 0 Å². The number of hydrogen-bond donors (Lipinski definition) is 2. The van der Waals surface area contributed by atoms with Crippen LogP contribution in [0, 0.1) is 0 Å². The molecule has 1 atom stereocenters. The number of ether oxygens (including phenoxy) is 1. The van der Waals surface area contributed by atoms with Crippen LogP contribution in [0.25, 0.3) is 0 Å². The van der Waals surface area contributed by atoms with Gasteiger partial charge in [0.2, 0.25) is 0 Å². The summed E-state index contributed by atoms with van der Waals surface area (Å²) in [5.74, 6) is 0.748. The minimum atomic E-state index is -0.689. The first kappa shape index (κ1) is 9.02. The molecule has 0 aromatic carbocycles. The average Bonchev–Trinajstić information content (AvgIpc) is 2.52. The molecule has 0 fully saturated rings. The second-order valence-corrected chi connectivity index (χ2v) is 2.36. The molecule has 1 aromatic heterocycles. The highest BCUT2D eigenvalue weighted by molar-refractivity contribution is 5.12. The van der Waals surface area contributed by atoms with Gasteiger partial charge in [-0.3, -0.25) is 0 Å². The Labute approximate surface area is 70.1 Å². The van der Waals surface area contributed by atoms with Crippen molar-refractivity contribution in [3.05, 3.63) is 11.8 Å². The lowest BCUT2D eigenvalue weighted by atomic mass is 10.2. The van der Waals surface area contributed by atoms with Crippen LogP contribution in [0.4, 0.5) is 0 Å². The van der Waals surface area contributed by atoms with Crippen molar-refractivity contribution in [1.82, 2.24) is 5.16 Å². The second kappa shape index (κ2) is 4.08. The molecule has 68 valence electrons. The van der Waals surface area contributed by atoms with E-state index in [1.165, 1.54) is 7.11 Å². The van der Waals surface area contributed by atoms with Crippen LogP contribution < -0.4 is 10.5 Å². The normalized spacial score (nSPS) is 12.9. The fraction of sp³-hybridized carbons (Fsp3) is 0.571. The molecular weight excluding hydrogens is 160 g/mol. The summed E-state index contributed by atoms with van der Waals surface area (Å²) in [5, 5.41) is 12.9.